The van der Waals surface area contributed by atoms with Crippen LogP contribution in [0.2, 0.25) is 0 Å². The summed E-state index contributed by atoms with van der Waals surface area (Å²) >= 11 is 0. The molecule has 2 rings (SSSR count). The van der Waals surface area contributed by atoms with Gasteiger partial charge in [0.25, 0.3) is 6.01 Å². The summed E-state index contributed by atoms with van der Waals surface area (Å²) in [7, 11) is -1.20. The van der Waals surface area contributed by atoms with Crippen molar-refractivity contribution in [2.45, 2.75) is 45.7 Å². The minimum absolute atomic E-state index is 0.249. The third-order valence-corrected chi connectivity index (χ3v) is 3.25. The van der Waals surface area contributed by atoms with Crippen molar-refractivity contribution in [2.24, 2.45) is 6.98 Å². The van der Waals surface area contributed by atoms with Gasteiger partial charge < -0.3 is 18.6 Å². The first-order chi connectivity index (χ1) is 11.8. The quantitative estimate of drug-likeness (QED) is 0.765. The fraction of sp³-hybridized carbons (Fsp3) is 0.750. The van der Waals surface area contributed by atoms with Crippen LogP contribution < -0.4 is 10.3 Å². The van der Waals surface area contributed by atoms with Crippen molar-refractivity contribution in [3.05, 3.63) is 6.17 Å². The van der Waals surface area contributed by atoms with Gasteiger partial charge in [-0.05, 0) is 34.5 Å². The number of hydrogen-bond donors (Lipinski definition) is 0. The highest BCUT2D eigenvalue weighted by atomic mass is 16.7. The summed E-state index contributed by atoms with van der Waals surface area (Å²) in [4.78, 5) is 3.84. The Morgan fingerprint density at radius 1 is 1.50 bits per heavy atom. The zero-order valence-corrected chi connectivity index (χ0v) is 10.7. The van der Waals surface area contributed by atoms with Crippen molar-refractivity contribution in [3.63, 3.8) is 0 Å². The first-order valence-electron chi connectivity index (χ1n) is 9.94. The van der Waals surface area contributed by atoms with E-state index in [0.717, 1.165) is 0 Å². The number of aromatic nitrogens is 2. The zero-order valence-electron chi connectivity index (χ0n) is 19.7. The van der Waals surface area contributed by atoms with Crippen molar-refractivity contribution in [2.75, 3.05) is 6.56 Å². The third-order valence-electron chi connectivity index (χ3n) is 3.25. The average Bonchev–Trinajstić information content (AvgIpc) is 2.81. The minimum atomic E-state index is -3.22. The third kappa shape index (κ3) is 2.15. The van der Waals surface area contributed by atoms with Gasteiger partial charge in [0.2, 0.25) is 0 Å². The van der Waals surface area contributed by atoms with Gasteiger partial charge in [0.15, 0.2) is 0 Å². The van der Waals surface area contributed by atoms with Crippen LogP contribution in [-0.2, 0) is 16.3 Å². The summed E-state index contributed by atoms with van der Waals surface area (Å²) in [5, 5.41) is 0. The maximum Gasteiger partial charge on any atom is 0.516 e. The van der Waals surface area contributed by atoms with Gasteiger partial charge >= 0.3 is 7.12 Å². The smallest absolute Gasteiger partial charge is 0.465 e. The van der Waals surface area contributed by atoms with Gasteiger partial charge in [-0.25, -0.2) is 4.98 Å². The van der Waals surface area contributed by atoms with Crippen molar-refractivity contribution in [3.8, 4) is 6.01 Å². The Kier molecular flexibility index (Phi) is 1.42. The number of rotatable bonds is 3. The largest absolute Gasteiger partial charge is 0.516 e. The molecule has 0 unspecified atom stereocenters. The van der Waals surface area contributed by atoms with E-state index in [0.29, 0.717) is 4.57 Å². The van der Waals surface area contributed by atoms with E-state index in [4.69, 9.17) is 26.4 Å². The molecule has 5 nitrogen and oxygen atoms in total. The molecule has 0 N–H and O–H groups in total. The van der Waals surface area contributed by atoms with Gasteiger partial charge in [-0.1, -0.05) is 0 Å². The summed E-state index contributed by atoms with van der Waals surface area (Å²) in [6.45, 7) is -2.38. The molecule has 18 heavy (non-hydrogen) atoms. The molecule has 0 atom stereocenters. The van der Waals surface area contributed by atoms with Gasteiger partial charge in [-0.2, -0.15) is 0 Å². The molecule has 1 aromatic heterocycles. The molecule has 100 valence electrons. The maximum absolute atomic E-state index is 8.15. The molecule has 0 saturated carbocycles. The predicted molar refractivity (Wildman–Crippen MR) is 70.1 cm³/mol. The Morgan fingerprint density at radius 2 is 2.17 bits per heavy atom. The lowest BCUT2D eigenvalue weighted by atomic mass is 9.86. The van der Waals surface area contributed by atoms with Crippen LogP contribution in [-0.4, -0.2) is 34.4 Å². The maximum atomic E-state index is 8.15. The van der Waals surface area contributed by atoms with Crippen LogP contribution in [0.4, 0.5) is 0 Å². The highest BCUT2D eigenvalue weighted by Gasteiger charge is 2.52. The van der Waals surface area contributed by atoms with Gasteiger partial charge in [0, 0.05) is 21.4 Å². The Labute approximate surface area is 121 Å². The number of imidazole rings is 1. The van der Waals surface area contributed by atoms with Crippen LogP contribution in [0.5, 0.6) is 6.01 Å². The molecule has 1 aliphatic rings. The first kappa shape index (κ1) is 5.97. The lowest BCUT2D eigenvalue weighted by molar-refractivity contribution is 0.00578. The van der Waals surface area contributed by atoms with Crippen LogP contribution >= 0.6 is 0 Å². The van der Waals surface area contributed by atoms with E-state index >= 15 is 0 Å². The summed E-state index contributed by atoms with van der Waals surface area (Å²) in [6, 6.07) is -0.870. The Bertz CT molecular complexity index is 711. The minimum Gasteiger partial charge on any atom is -0.465 e. The fourth-order valence-electron chi connectivity index (χ4n) is 1.51. The molecule has 2 heterocycles. The zero-order chi connectivity index (χ0) is 21.2. The lowest BCUT2D eigenvalue weighted by Gasteiger charge is -2.32. The summed E-state index contributed by atoms with van der Waals surface area (Å²) < 4.78 is 84.2. The van der Waals surface area contributed by atoms with Crippen molar-refractivity contribution in [1.82, 2.24) is 9.55 Å². The second-order valence-electron chi connectivity index (χ2n) is 5.02. The van der Waals surface area contributed by atoms with E-state index in [-0.39, 0.29) is 5.59 Å². The molecule has 0 bridgehead atoms. The Hall–Kier alpha value is -1.01. The van der Waals surface area contributed by atoms with E-state index in [1.165, 1.54) is 0 Å². The predicted octanol–water partition coefficient (Wildman–Crippen LogP) is 1.12. The molecule has 1 saturated heterocycles. The van der Waals surface area contributed by atoms with Crippen LogP contribution in [0.15, 0.2) is 6.17 Å². The molecule has 6 heteroatoms. The number of ether oxygens (including phenoxy) is 1. The molecule has 1 aromatic rings. The van der Waals surface area contributed by atoms with Crippen LogP contribution in [0.25, 0.3) is 0 Å². The summed E-state index contributed by atoms with van der Waals surface area (Å²) in [5.74, 6) is 0. The van der Waals surface area contributed by atoms with Gasteiger partial charge in [0.1, 0.15) is 0 Å². The standard InChI is InChI=1S/C12H21BN2O3/c1-7-16-10-14-9(8-15(10)6)13-17-11(2,3)12(4,5)18-13/h8H,7H2,1-6H3/i1D3,6D3,7D2,8D. The van der Waals surface area contributed by atoms with Crippen molar-refractivity contribution >= 4 is 12.7 Å². The molecule has 0 amide bonds. The molecule has 1 fully saturated rings. The SMILES string of the molecule is [2H]c1c(B2OC(C)(C)C(C)(C)O2)nc(OC([2H])([2H])C([2H])([2H])[2H])n1C([2H])([2H])[2H]. The van der Waals surface area contributed by atoms with Gasteiger partial charge in [0.05, 0.1) is 27.5 Å². The molecular weight excluding hydrogens is 231 g/mol. The number of nitrogens with zero attached hydrogens (tertiary/aromatic N) is 2. The van der Waals surface area contributed by atoms with Gasteiger partial charge in [-0.15, -0.1) is 0 Å². The topological polar surface area (TPSA) is 45.5 Å². The molecule has 0 radical (unpaired) electrons. The van der Waals surface area contributed by atoms with E-state index in [1.54, 1.807) is 27.7 Å². The Morgan fingerprint density at radius 3 is 2.72 bits per heavy atom. The molecular formula is C12H21BN2O3. The lowest BCUT2D eigenvalue weighted by Crippen LogP contribution is -2.41. The summed E-state index contributed by atoms with van der Waals surface area (Å²) in [5.41, 5.74) is -1.83. The summed E-state index contributed by atoms with van der Waals surface area (Å²) in [6.07, 6.45) is -0.648. The monoisotopic (exact) mass is 261 g/mol. The van der Waals surface area contributed by atoms with E-state index < -0.39 is 50.9 Å². The van der Waals surface area contributed by atoms with Crippen LogP contribution in [0.3, 0.4) is 0 Å². The molecule has 0 aromatic carbocycles. The van der Waals surface area contributed by atoms with Gasteiger partial charge in [-0.3, -0.25) is 0 Å². The van der Waals surface area contributed by atoms with Crippen LogP contribution in [0.1, 0.15) is 46.9 Å². The van der Waals surface area contributed by atoms with E-state index in [1.807, 2.05) is 0 Å². The van der Waals surface area contributed by atoms with Crippen molar-refractivity contribution in [1.29, 1.82) is 0 Å². The molecule has 1 aliphatic heterocycles. The normalized spacial score (nSPS) is 30.9. The van der Waals surface area contributed by atoms with Crippen LogP contribution in [0, 0.1) is 0 Å². The highest BCUT2D eigenvalue weighted by Crippen LogP contribution is 2.36. The first-order valence-corrected chi connectivity index (χ1v) is 5.44. The second kappa shape index (κ2) is 4.28. The molecule has 0 aliphatic carbocycles. The highest BCUT2D eigenvalue weighted by molar-refractivity contribution is 6.61. The fourth-order valence-corrected chi connectivity index (χ4v) is 1.51. The van der Waals surface area contributed by atoms with E-state index in [2.05, 4.69) is 4.98 Å². The molecule has 0 spiro atoms. The average molecular weight is 261 g/mol. The Balaban J connectivity index is 2.53. The van der Waals surface area contributed by atoms with E-state index in [9.17, 15) is 0 Å². The number of hydrogen-bond acceptors (Lipinski definition) is 4. The van der Waals surface area contributed by atoms with Crippen molar-refractivity contribution < 1.29 is 26.4 Å². The second-order valence-corrected chi connectivity index (χ2v) is 5.02.